The topological polar surface area (TPSA) is 102 Å². The molecule has 0 saturated carbocycles. The minimum atomic E-state index is -3.70. The van der Waals surface area contributed by atoms with Crippen LogP contribution in [0.3, 0.4) is 0 Å². The van der Waals surface area contributed by atoms with E-state index in [2.05, 4.69) is 10.6 Å². The molecule has 7 nitrogen and oxygen atoms in total. The zero-order valence-corrected chi connectivity index (χ0v) is 15.8. The van der Waals surface area contributed by atoms with Gasteiger partial charge in [-0.15, -0.1) is 11.3 Å². The standard InChI is InChI=1S/C17H20N2O5S2/c1-24-10-9-18-16(20)17(21)19-12-14(13-6-3-2-4-7-13)26(22,23)15-8-5-11-25-15/h2-8,11,14H,9-10,12H2,1H3,(H,18,20)(H,19,21)/t14-/m1/s1. The van der Waals surface area contributed by atoms with Gasteiger partial charge in [-0.25, -0.2) is 8.42 Å². The lowest BCUT2D eigenvalue weighted by Crippen LogP contribution is -2.43. The molecule has 0 aliphatic heterocycles. The van der Waals surface area contributed by atoms with Crippen molar-refractivity contribution in [2.24, 2.45) is 0 Å². The summed E-state index contributed by atoms with van der Waals surface area (Å²) in [7, 11) is -2.22. The van der Waals surface area contributed by atoms with Gasteiger partial charge in [-0.3, -0.25) is 9.59 Å². The molecule has 2 N–H and O–H groups in total. The van der Waals surface area contributed by atoms with Crippen molar-refractivity contribution in [3.05, 3.63) is 53.4 Å². The average molecular weight is 396 g/mol. The molecule has 0 aliphatic rings. The van der Waals surface area contributed by atoms with Gasteiger partial charge >= 0.3 is 11.8 Å². The predicted molar refractivity (Wildman–Crippen MR) is 98.6 cm³/mol. The van der Waals surface area contributed by atoms with E-state index in [9.17, 15) is 18.0 Å². The Balaban J connectivity index is 2.14. The third-order valence-corrected chi connectivity index (χ3v) is 7.10. The molecule has 0 saturated heterocycles. The van der Waals surface area contributed by atoms with Gasteiger partial charge in [0.2, 0.25) is 0 Å². The Hall–Kier alpha value is -2.23. The van der Waals surface area contributed by atoms with Gasteiger partial charge in [0, 0.05) is 20.2 Å². The third-order valence-electron chi connectivity index (χ3n) is 3.57. The Labute approximate surface area is 156 Å². The molecule has 1 aromatic heterocycles. The number of hydrogen-bond acceptors (Lipinski definition) is 6. The van der Waals surface area contributed by atoms with E-state index < -0.39 is 26.9 Å². The largest absolute Gasteiger partial charge is 0.383 e. The summed E-state index contributed by atoms with van der Waals surface area (Å²) in [4.78, 5) is 23.6. The number of amides is 2. The Kier molecular flexibility index (Phi) is 7.31. The molecule has 2 amide bonds. The normalized spacial score (nSPS) is 12.3. The van der Waals surface area contributed by atoms with E-state index in [4.69, 9.17) is 4.74 Å². The van der Waals surface area contributed by atoms with Crippen LogP contribution in [0.5, 0.6) is 0 Å². The van der Waals surface area contributed by atoms with Gasteiger partial charge in [0.05, 0.1) is 6.61 Å². The maximum absolute atomic E-state index is 12.9. The first kappa shape index (κ1) is 20.1. The molecule has 1 aromatic carbocycles. The summed E-state index contributed by atoms with van der Waals surface area (Å²) in [5.74, 6) is -1.72. The zero-order valence-electron chi connectivity index (χ0n) is 14.2. The minimum Gasteiger partial charge on any atom is -0.383 e. The Morgan fingerprint density at radius 1 is 1.08 bits per heavy atom. The number of nitrogens with one attached hydrogen (secondary N) is 2. The number of thiophene rings is 1. The molecule has 0 aliphatic carbocycles. The van der Waals surface area contributed by atoms with Crippen LogP contribution in [0.2, 0.25) is 0 Å². The average Bonchev–Trinajstić information content (AvgIpc) is 3.18. The van der Waals surface area contributed by atoms with E-state index in [0.29, 0.717) is 5.56 Å². The molecule has 2 rings (SSSR count). The van der Waals surface area contributed by atoms with Crippen LogP contribution in [0.15, 0.2) is 52.1 Å². The van der Waals surface area contributed by atoms with Crippen LogP contribution in [0, 0.1) is 0 Å². The number of benzene rings is 1. The van der Waals surface area contributed by atoms with Crippen LogP contribution in [-0.2, 0) is 24.2 Å². The molecule has 0 spiro atoms. The predicted octanol–water partition coefficient (Wildman–Crippen LogP) is 1.14. The SMILES string of the molecule is COCCNC(=O)C(=O)NC[C@H](c1ccccc1)S(=O)(=O)c1cccs1. The lowest BCUT2D eigenvalue weighted by molar-refractivity contribution is -0.139. The number of carbonyl (C=O) groups is 2. The number of methoxy groups -OCH3 is 1. The van der Waals surface area contributed by atoms with Crippen molar-refractivity contribution in [3.8, 4) is 0 Å². The van der Waals surface area contributed by atoms with Gasteiger partial charge in [0.25, 0.3) is 0 Å². The summed E-state index contributed by atoms with van der Waals surface area (Å²) >= 11 is 1.11. The van der Waals surface area contributed by atoms with Crippen LogP contribution >= 0.6 is 11.3 Å². The molecule has 0 radical (unpaired) electrons. The maximum atomic E-state index is 12.9. The Morgan fingerprint density at radius 3 is 2.38 bits per heavy atom. The van der Waals surface area contributed by atoms with Gasteiger partial charge < -0.3 is 15.4 Å². The summed E-state index contributed by atoms with van der Waals surface area (Å²) in [5.41, 5.74) is 0.543. The second kappa shape index (κ2) is 9.46. The summed E-state index contributed by atoms with van der Waals surface area (Å²) < 4.78 is 30.9. The van der Waals surface area contributed by atoms with Crippen LogP contribution < -0.4 is 10.6 Å². The second-order valence-electron chi connectivity index (χ2n) is 5.34. The van der Waals surface area contributed by atoms with E-state index in [1.165, 1.54) is 13.2 Å². The minimum absolute atomic E-state index is 0.193. The number of rotatable bonds is 8. The van der Waals surface area contributed by atoms with Gasteiger partial charge in [-0.1, -0.05) is 36.4 Å². The van der Waals surface area contributed by atoms with Crippen molar-refractivity contribution in [3.63, 3.8) is 0 Å². The summed E-state index contributed by atoms with van der Waals surface area (Å²) in [6.45, 7) is 0.261. The molecule has 2 aromatic rings. The fraction of sp³-hybridized carbons (Fsp3) is 0.294. The Bertz CT molecular complexity index is 820. The molecule has 0 bridgehead atoms. The highest BCUT2D eigenvalue weighted by atomic mass is 32.2. The number of sulfone groups is 1. The molecule has 1 heterocycles. The van der Waals surface area contributed by atoms with E-state index in [-0.39, 0.29) is 23.9 Å². The molecule has 26 heavy (non-hydrogen) atoms. The van der Waals surface area contributed by atoms with Crippen LogP contribution in [-0.4, -0.2) is 47.0 Å². The molecular formula is C17H20N2O5S2. The van der Waals surface area contributed by atoms with E-state index >= 15 is 0 Å². The van der Waals surface area contributed by atoms with Crippen LogP contribution in [0.4, 0.5) is 0 Å². The molecule has 1 atom stereocenters. The van der Waals surface area contributed by atoms with Crippen molar-refractivity contribution in [2.75, 3.05) is 26.8 Å². The van der Waals surface area contributed by atoms with Crippen molar-refractivity contribution >= 4 is 33.0 Å². The van der Waals surface area contributed by atoms with Crippen molar-refractivity contribution in [1.29, 1.82) is 0 Å². The number of carbonyl (C=O) groups excluding carboxylic acids is 2. The van der Waals surface area contributed by atoms with E-state index in [0.717, 1.165) is 11.3 Å². The second-order valence-corrected chi connectivity index (χ2v) is 8.64. The highest BCUT2D eigenvalue weighted by Gasteiger charge is 2.31. The smallest absolute Gasteiger partial charge is 0.309 e. The first-order chi connectivity index (χ1) is 12.5. The number of hydrogen-bond donors (Lipinski definition) is 2. The van der Waals surface area contributed by atoms with Crippen LogP contribution in [0.1, 0.15) is 10.8 Å². The van der Waals surface area contributed by atoms with E-state index in [1.54, 1.807) is 41.8 Å². The van der Waals surface area contributed by atoms with Gasteiger partial charge in [0.15, 0.2) is 9.84 Å². The first-order valence-corrected chi connectivity index (χ1v) is 10.3. The molecular weight excluding hydrogens is 376 g/mol. The van der Waals surface area contributed by atoms with E-state index in [1.807, 2.05) is 0 Å². The summed E-state index contributed by atoms with van der Waals surface area (Å²) in [6, 6.07) is 11.8. The van der Waals surface area contributed by atoms with Gasteiger partial charge in [0.1, 0.15) is 9.46 Å². The molecule has 140 valence electrons. The summed E-state index contributed by atoms with van der Waals surface area (Å²) in [5, 5.41) is 5.49. The third kappa shape index (κ3) is 5.13. The quantitative estimate of drug-likeness (QED) is 0.515. The molecule has 0 unspecified atom stereocenters. The summed E-state index contributed by atoms with van der Waals surface area (Å²) in [6.07, 6.45) is 0. The lowest BCUT2D eigenvalue weighted by atomic mass is 10.1. The van der Waals surface area contributed by atoms with Crippen molar-refractivity contribution < 1.29 is 22.7 Å². The highest BCUT2D eigenvalue weighted by molar-refractivity contribution is 7.93. The van der Waals surface area contributed by atoms with Gasteiger partial charge in [-0.2, -0.15) is 0 Å². The van der Waals surface area contributed by atoms with Crippen LogP contribution in [0.25, 0.3) is 0 Å². The Morgan fingerprint density at radius 2 is 1.77 bits per heavy atom. The first-order valence-electron chi connectivity index (χ1n) is 7.84. The highest BCUT2D eigenvalue weighted by Crippen LogP contribution is 2.30. The molecule has 0 fully saturated rings. The fourth-order valence-corrected chi connectivity index (χ4v) is 5.12. The fourth-order valence-electron chi connectivity index (χ4n) is 2.25. The lowest BCUT2D eigenvalue weighted by Gasteiger charge is -2.18. The van der Waals surface area contributed by atoms with Crippen molar-refractivity contribution in [1.82, 2.24) is 10.6 Å². The van der Waals surface area contributed by atoms with Gasteiger partial charge in [-0.05, 0) is 17.0 Å². The number of ether oxygens (including phenoxy) is 1. The monoisotopic (exact) mass is 396 g/mol. The zero-order chi connectivity index (χ0) is 19.0. The molecule has 9 heteroatoms. The maximum Gasteiger partial charge on any atom is 0.309 e. The van der Waals surface area contributed by atoms with Crippen molar-refractivity contribution in [2.45, 2.75) is 9.46 Å².